The molecule has 0 aliphatic carbocycles. The largest absolute Gasteiger partial charge is 0.352 e. The Bertz CT molecular complexity index is 490. The zero-order chi connectivity index (χ0) is 11.4. The molecule has 84 valence electrons. The minimum absolute atomic E-state index is 0.0232. The number of carbonyl (C=O) groups is 1. The number of carbonyl (C=O) groups excluding carboxylic acids is 1. The van der Waals surface area contributed by atoms with Gasteiger partial charge in [-0.1, -0.05) is 19.4 Å². The third kappa shape index (κ3) is 2.21. The molecule has 4 heteroatoms. The summed E-state index contributed by atoms with van der Waals surface area (Å²) in [5.41, 5.74) is 1.57. The maximum absolute atomic E-state index is 11.7. The summed E-state index contributed by atoms with van der Waals surface area (Å²) in [6.07, 6.45) is 3.84. The molecule has 0 bridgehead atoms. The minimum Gasteiger partial charge on any atom is -0.352 e. The van der Waals surface area contributed by atoms with Crippen LogP contribution in [0, 0.1) is 0 Å². The lowest BCUT2D eigenvalue weighted by Gasteiger charge is -2.03. The van der Waals surface area contributed by atoms with Crippen molar-refractivity contribution in [3.8, 4) is 0 Å². The molecule has 2 aromatic rings. The summed E-state index contributed by atoms with van der Waals surface area (Å²) in [5.74, 6) is -0.0232. The second-order valence-corrected chi connectivity index (χ2v) is 3.78. The molecular weight excluding hydrogens is 202 g/mol. The average Bonchev–Trinajstić information content (AvgIpc) is 2.76. The van der Waals surface area contributed by atoms with Crippen molar-refractivity contribution in [2.75, 3.05) is 6.54 Å². The van der Waals surface area contributed by atoms with Crippen molar-refractivity contribution in [2.45, 2.75) is 19.8 Å². The second kappa shape index (κ2) is 4.79. The molecule has 0 fully saturated rings. The first-order valence-corrected chi connectivity index (χ1v) is 5.52. The Hall–Kier alpha value is -1.84. The fraction of sp³-hybridized carbons (Fsp3) is 0.333. The summed E-state index contributed by atoms with van der Waals surface area (Å²) in [6, 6.07) is 5.54. The predicted molar refractivity (Wildman–Crippen MR) is 63.3 cm³/mol. The van der Waals surface area contributed by atoms with E-state index in [1.807, 2.05) is 18.2 Å². The third-order valence-corrected chi connectivity index (χ3v) is 2.52. The molecule has 0 atom stereocenters. The molecule has 0 unspecified atom stereocenters. The number of hydrogen-bond acceptors (Lipinski definition) is 2. The van der Waals surface area contributed by atoms with Crippen molar-refractivity contribution < 1.29 is 4.79 Å². The van der Waals surface area contributed by atoms with E-state index in [-0.39, 0.29) is 5.91 Å². The van der Waals surface area contributed by atoms with Gasteiger partial charge in [0.25, 0.3) is 5.91 Å². The number of unbranched alkanes of at least 4 members (excludes halogenated alkanes) is 1. The topological polar surface area (TPSA) is 57.8 Å². The van der Waals surface area contributed by atoms with Gasteiger partial charge in [-0.15, -0.1) is 0 Å². The quantitative estimate of drug-likeness (QED) is 0.770. The van der Waals surface area contributed by atoms with Gasteiger partial charge >= 0.3 is 0 Å². The number of amides is 1. The number of aromatic nitrogens is 2. The number of rotatable bonds is 4. The van der Waals surface area contributed by atoms with Gasteiger partial charge in [0.1, 0.15) is 0 Å². The van der Waals surface area contributed by atoms with E-state index in [9.17, 15) is 4.79 Å². The van der Waals surface area contributed by atoms with E-state index in [0.717, 1.165) is 30.3 Å². The molecule has 0 radical (unpaired) electrons. The molecular formula is C12H15N3O. The van der Waals surface area contributed by atoms with E-state index >= 15 is 0 Å². The summed E-state index contributed by atoms with van der Waals surface area (Å²) in [4.78, 5) is 11.7. The van der Waals surface area contributed by atoms with Gasteiger partial charge in [-0.3, -0.25) is 9.89 Å². The number of H-pyrrole nitrogens is 1. The van der Waals surface area contributed by atoms with Gasteiger partial charge < -0.3 is 5.32 Å². The highest BCUT2D eigenvalue weighted by Crippen LogP contribution is 2.12. The molecule has 0 saturated carbocycles. The molecule has 0 saturated heterocycles. The number of benzene rings is 1. The van der Waals surface area contributed by atoms with Crippen LogP contribution in [-0.4, -0.2) is 22.6 Å². The number of nitrogens with zero attached hydrogens (tertiary/aromatic N) is 1. The summed E-state index contributed by atoms with van der Waals surface area (Å²) < 4.78 is 0. The van der Waals surface area contributed by atoms with E-state index in [1.54, 1.807) is 6.20 Å². The van der Waals surface area contributed by atoms with Crippen LogP contribution < -0.4 is 5.32 Å². The SMILES string of the molecule is CCCCNC(=O)c1ccc2cn[nH]c2c1. The zero-order valence-electron chi connectivity index (χ0n) is 9.29. The second-order valence-electron chi connectivity index (χ2n) is 3.78. The third-order valence-electron chi connectivity index (χ3n) is 2.52. The lowest BCUT2D eigenvalue weighted by atomic mass is 10.1. The van der Waals surface area contributed by atoms with Crippen LogP contribution in [0.2, 0.25) is 0 Å². The molecule has 1 aromatic heterocycles. The van der Waals surface area contributed by atoms with Crippen LogP contribution in [0.3, 0.4) is 0 Å². The Balaban J connectivity index is 2.10. The lowest BCUT2D eigenvalue weighted by molar-refractivity contribution is 0.0953. The van der Waals surface area contributed by atoms with Crippen molar-refractivity contribution in [2.24, 2.45) is 0 Å². The smallest absolute Gasteiger partial charge is 0.251 e. The highest BCUT2D eigenvalue weighted by atomic mass is 16.1. The highest BCUT2D eigenvalue weighted by Gasteiger charge is 2.05. The van der Waals surface area contributed by atoms with Crippen LogP contribution in [0.5, 0.6) is 0 Å². The molecule has 2 rings (SSSR count). The fourth-order valence-electron chi connectivity index (χ4n) is 1.56. The summed E-state index contributed by atoms with van der Waals surface area (Å²) >= 11 is 0. The van der Waals surface area contributed by atoms with Crippen LogP contribution in [0.25, 0.3) is 10.9 Å². The zero-order valence-corrected chi connectivity index (χ0v) is 9.29. The average molecular weight is 217 g/mol. The molecule has 1 heterocycles. The first kappa shape index (κ1) is 10.7. The Morgan fingerprint density at radius 2 is 2.38 bits per heavy atom. The molecule has 1 aromatic carbocycles. The number of aromatic amines is 1. The van der Waals surface area contributed by atoms with Crippen LogP contribution in [0.15, 0.2) is 24.4 Å². The predicted octanol–water partition coefficient (Wildman–Crippen LogP) is 2.09. The van der Waals surface area contributed by atoms with E-state index in [1.165, 1.54) is 0 Å². The Morgan fingerprint density at radius 1 is 1.50 bits per heavy atom. The summed E-state index contributed by atoms with van der Waals surface area (Å²) in [5, 5.41) is 10.7. The summed E-state index contributed by atoms with van der Waals surface area (Å²) in [7, 11) is 0. The minimum atomic E-state index is -0.0232. The van der Waals surface area contributed by atoms with Crippen molar-refractivity contribution >= 4 is 16.8 Å². The number of fused-ring (bicyclic) bond motifs is 1. The lowest BCUT2D eigenvalue weighted by Crippen LogP contribution is -2.24. The number of nitrogens with one attached hydrogen (secondary N) is 2. The van der Waals surface area contributed by atoms with E-state index in [4.69, 9.17) is 0 Å². The highest BCUT2D eigenvalue weighted by molar-refractivity contribution is 5.97. The number of hydrogen-bond donors (Lipinski definition) is 2. The first-order chi connectivity index (χ1) is 7.81. The van der Waals surface area contributed by atoms with Crippen LogP contribution >= 0.6 is 0 Å². The van der Waals surface area contributed by atoms with Gasteiger partial charge in [0.05, 0.1) is 11.7 Å². The van der Waals surface area contributed by atoms with Crippen molar-refractivity contribution in [1.82, 2.24) is 15.5 Å². The molecule has 0 spiro atoms. The van der Waals surface area contributed by atoms with Crippen molar-refractivity contribution in [3.63, 3.8) is 0 Å². The Kier molecular flexibility index (Phi) is 3.19. The molecule has 1 amide bonds. The first-order valence-electron chi connectivity index (χ1n) is 5.52. The van der Waals surface area contributed by atoms with Gasteiger partial charge in [-0.25, -0.2) is 0 Å². The molecule has 16 heavy (non-hydrogen) atoms. The molecule has 0 aliphatic heterocycles. The van der Waals surface area contributed by atoms with Gasteiger partial charge in [0.15, 0.2) is 0 Å². The van der Waals surface area contributed by atoms with Gasteiger partial charge in [0, 0.05) is 17.5 Å². The Labute approximate surface area is 94.0 Å². The van der Waals surface area contributed by atoms with Crippen LogP contribution in [0.1, 0.15) is 30.1 Å². The van der Waals surface area contributed by atoms with E-state index < -0.39 is 0 Å². The molecule has 4 nitrogen and oxygen atoms in total. The van der Waals surface area contributed by atoms with E-state index in [0.29, 0.717) is 5.56 Å². The fourth-order valence-corrected chi connectivity index (χ4v) is 1.56. The maximum Gasteiger partial charge on any atom is 0.251 e. The normalized spacial score (nSPS) is 10.6. The van der Waals surface area contributed by atoms with Gasteiger partial charge in [-0.05, 0) is 18.6 Å². The Morgan fingerprint density at radius 3 is 3.19 bits per heavy atom. The van der Waals surface area contributed by atoms with Crippen molar-refractivity contribution in [1.29, 1.82) is 0 Å². The maximum atomic E-state index is 11.7. The van der Waals surface area contributed by atoms with E-state index in [2.05, 4.69) is 22.4 Å². The molecule has 0 aliphatic rings. The van der Waals surface area contributed by atoms with Crippen molar-refractivity contribution in [3.05, 3.63) is 30.0 Å². The van der Waals surface area contributed by atoms with Gasteiger partial charge in [0.2, 0.25) is 0 Å². The summed E-state index contributed by atoms with van der Waals surface area (Å²) in [6.45, 7) is 2.83. The van der Waals surface area contributed by atoms with Gasteiger partial charge in [-0.2, -0.15) is 5.10 Å². The van der Waals surface area contributed by atoms with Crippen LogP contribution in [0.4, 0.5) is 0 Å². The standard InChI is InChI=1S/C12H15N3O/c1-2-3-6-13-12(16)9-4-5-10-8-14-15-11(10)7-9/h4-5,7-8H,2-3,6H2,1H3,(H,13,16)(H,14,15). The monoisotopic (exact) mass is 217 g/mol. The van der Waals surface area contributed by atoms with Crippen LogP contribution in [-0.2, 0) is 0 Å². The molecule has 2 N–H and O–H groups in total.